The first-order chi connectivity index (χ1) is 12.3. The summed E-state index contributed by atoms with van der Waals surface area (Å²) in [5, 5.41) is 0. The Balaban J connectivity index is 1.31. The average Bonchev–Trinajstić information content (AvgIpc) is 2.69. The second-order valence-electron chi connectivity index (χ2n) is 5.99. The van der Waals surface area contributed by atoms with E-state index in [2.05, 4.69) is 14.9 Å². The molecule has 1 aromatic carbocycles. The lowest BCUT2D eigenvalue weighted by Crippen LogP contribution is -2.37. The molecule has 1 saturated heterocycles. The highest BCUT2D eigenvalue weighted by molar-refractivity contribution is 5.72. The van der Waals surface area contributed by atoms with E-state index < -0.39 is 0 Å². The fraction of sp³-hybridized carbons (Fsp3) is 0.421. The van der Waals surface area contributed by atoms with Crippen molar-refractivity contribution in [1.29, 1.82) is 0 Å². The van der Waals surface area contributed by atoms with Crippen molar-refractivity contribution in [3.05, 3.63) is 48.8 Å². The zero-order chi connectivity index (χ0) is 17.3. The number of hydrogen-bond acceptors (Lipinski definition) is 6. The standard InChI is InChI=1S/C19H23N3O3/c23-18(25-15-5-14-24-17-6-2-1-3-7-17)16-8-12-22(13-9-16)19-20-10-4-11-21-19/h1-4,6-7,10-11,16H,5,8-9,12-15H2. The molecule has 2 heterocycles. The summed E-state index contributed by atoms with van der Waals surface area (Å²) in [4.78, 5) is 22.8. The summed E-state index contributed by atoms with van der Waals surface area (Å²) >= 11 is 0. The van der Waals surface area contributed by atoms with Crippen LogP contribution in [0.1, 0.15) is 19.3 Å². The third kappa shape index (κ3) is 5.17. The van der Waals surface area contributed by atoms with Crippen molar-refractivity contribution in [2.45, 2.75) is 19.3 Å². The molecule has 6 nitrogen and oxygen atoms in total. The molecule has 0 saturated carbocycles. The van der Waals surface area contributed by atoms with Crippen molar-refractivity contribution in [3.8, 4) is 5.75 Å². The molecule has 1 fully saturated rings. The van der Waals surface area contributed by atoms with E-state index in [1.807, 2.05) is 30.3 Å². The molecule has 25 heavy (non-hydrogen) atoms. The van der Waals surface area contributed by atoms with E-state index in [0.29, 0.717) is 19.6 Å². The van der Waals surface area contributed by atoms with Crippen molar-refractivity contribution in [2.24, 2.45) is 5.92 Å². The van der Waals surface area contributed by atoms with Crippen molar-refractivity contribution >= 4 is 11.9 Å². The first-order valence-corrected chi connectivity index (χ1v) is 8.69. The van der Waals surface area contributed by atoms with Gasteiger partial charge in [0.2, 0.25) is 5.95 Å². The lowest BCUT2D eigenvalue weighted by molar-refractivity contribution is -0.149. The number of ether oxygens (including phenoxy) is 2. The van der Waals surface area contributed by atoms with Crippen LogP contribution in [0, 0.1) is 5.92 Å². The summed E-state index contributed by atoms with van der Waals surface area (Å²) in [5.41, 5.74) is 0. The Labute approximate surface area is 147 Å². The van der Waals surface area contributed by atoms with Gasteiger partial charge in [-0.15, -0.1) is 0 Å². The molecule has 0 aliphatic carbocycles. The van der Waals surface area contributed by atoms with E-state index in [4.69, 9.17) is 9.47 Å². The number of rotatable bonds is 7. The number of piperidine rings is 1. The van der Waals surface area contributed by atoms with Crippen LogP contribution in [-0.4, -0.2) is 42.2 Å². The number of hydrogen-bond donors (Lipinski definition) is 0. The maximum atomic E-state index is 12.2. The number of esters is 1. The Kier molecular flexibility index (Phi) is 6.20. The van der Waals surface area contributed by atoms with E-state index in [0.717, 1.165) is 37.6 Å². The molecule has 0 amide bonds. The summed E-state index contributed by atoms with van der Waals surface area (Å²) in [5.74, 6) is 1.43. The number of benzene rings is 1. The third-order valence-electron chi connectivity index (χ3n) is 4.21. The van der Waals surface area contributed by atoms with Gasteiger partial charge in [0.25, 0.3) is 0 Å². The van der Waals surface area contributed by atoms with Crippen LogP contribution in [0.15, 0.2) is 48.8 Å². The first kappa shape index (κ1) is 17.2. The van der Waals surface area contributed by atoms with Gasteiger partial charge in [0.05, 0.1) is 19.1 Å². The highest BCUT2D eigenvalue weighted by atomic mass is 16.5. The average molecular weight is 341 g/mol. The van der Waals surface area contributed by atoms with Gasteiger partial charge in [0.15, 0.2) is 0 Å². The van der Waals surface area contributed by atoms with Crippen molar-refractivity contribution in [1.82, 2.24) is 9.97 Å². The van der Waals surface area contributed by atoms with E-state index in [1.165, 1.54) is 0 Å². The zero-order valence-electron chi connectivity index (χ0n) is 14.2. The van der Waals surface area contributed by atoms with Gasteiger partial charge in [0, 0.05) is 31.9 Å². The van der Waals surface area contributed by atoms with E-state index in [9.17, 15) is 4.79 Å². The fourth-order valence-corrected chi connectivity index (χ4v) is 2.83. The third-order valence-corrected chi connectivity index (χ3v) is 4.21. The number of carbonyl (C=O) groups is 1. The minimum atomic E-state index is -0.103. The van der Waals surface area contributed by atoms with Gasteiger partial charge in [0.1, 0.15) is 5.75 Å². The number of nitrogens with zero attached hydrogens (tertiary/aromatic N) is 3. The molecule has 1 aliphatic rings. The van der Waals surface area contributed by atoms with Crippen molar-refractivity contribution < 1.29 is 14.3 Å². The molecule has 0 bridgehead atoms. The molecule has 3 rings (SSSR count). The van der Waals surface area contributed by atoms with Crippen LogP contribution in [0.2, 0.25) is 0 Å². The fourth-order valence-electron chi connectivity index (χ4n) is 2.83. The summed E-state index contributed by atoms with van der Waals surface area (Å²) in [7, 11) is 0. The molecule has 6 heteroatoms. The van der Waals surface area contributed by atoms with Crippen LogP contribution < -0.4 is 9.64 Å². The topological polar surface area (TPSA) is 64.6 Å². The van der Waals surface area contributed by atoms with Gasteiger partial charge in [-0.2, -0.15) is 0 Å². The van der Waals surface area contributed by atoms with E-state index in [-0.39, 0.29) is 11.9 Å². The second kappa shape index (κ2) is 9.01. The van der Waals surface area contributed by atoms with Crippen LogP contribution in [0.3, 0.4) is 0 Å². The normalized spacial score (nSPS) is 15.0. The second-order valence-corrected chi connectivity index (χ2v) is 5.99. The van der Waals surface area contributed by atoms with Crippen LogP contribution in [0.4, 0.5) is 5.95 Å². The van der Waals surface area contributed by atoms with Gasteiger partial charge >= 0.3 is 5.97 Å². The highest BCUT2D eigenvalue weighted by Gasteiger charge is 2.27. The molecular weight excluding hydrogens is 318 g/mol. The smallest absolute Gasteiger partial charge is 0.309 e. The Bertz CT molecular complexity index is 643. The molecule has 0 N–H and O–H groups in total. The molecule has 2 aromatic rings. The van der Waals surface area contributed by atoms with Gasteiger partial charge in [-0.25, -0.2) is 9.97 Å². The summed E-state index contributed by atoms with van der Waals surface area (Å²) < 4.78 is 11.0. The Morgan fingerprint density at radius 3 is 2.48 bits per heavy atom. The monoisotopic (exact) mass is 341 g/mol. The Morgan fingerprint density at radius 1 is 1.04 bits per heavy atom. The molecule has 0 radical (unpaired) electrons. The predicted molar refractivity (Wildman–Crippen MR) is 94.5 cm³/mol. The van der Waals surface area contributed by atoms with Gasteiger partial charge in [-0.05, 0) is 31.0 Å². The number of aromatic nitrogens is 2. The van der Waals surface area contributed by atoms with Crippen LogP contribution in [-0.2, 0) is 9.53 Å². The Morgan fingerprint density at radius 2 is 1.76 bits per heavy atom. The van der Waals surface area contributed by atoms with E-state index in [1.54, 1.807) is 18.5 Å². The number of anilines is 1. The summed E-state index contributed by atoms with van der Waals surface area (Å²) in [6.45, 7) is 2.50. The van der Waals surface area contributed by atoms with Gasteiger partial charge in [-0.3, -0.25) is 4.79 Å². The lowest BCUT2D eigenvalue weighted by atomic mass is 9.97. The van der Waals surface area contributed by atoms with Crippen molar-refractivity contribution in [3.63, 3.8) is 0 Å². The maximum absolute atomic E-state index is 12.2. The number of para-hydroxylation sites is 1. The largest absolute Gasteiger partial charge is 0.493 e. The minimum Gasteiger partial charge on any atom is -0.493 e. The van der Waals surface area contributed by atoms with E-state index >= 15 is 0 Å². The quantitative estimate of drug-likeness (QED) is 0.570. The van der Waals surface area contributed by atoms with Crippen molar-refractivity contribution in [2.75, 3.05) is 31.2 Å². The number of carbonyl (C=O) groups excluding carboxylic acids is 1. The maximum Gasteiger partial charge on any atom is 0.309 e. The van der Waals surface area contributed by atoms with Crippen LogP contribution in [0.25, 0.3) is 0 Å². The lowest BCUT2D eigenvalue weighted by Gasteiger charge is -2.30. The SMILES string of the molecule is O=C(OCCCOc1ccccc1)C1CCN(c2ncccn2)CC1. The molecule has 1 aliphatic heterocycles. The molecule has 132 valence electrons. The molecule has 0 unspecified atom stereocenters. The molecule has 0 spiro atoms. The van der Waals surface area contributed by atoms with Crippen LogP contribution in [0.5, 0.6) is 5.75 Å². The predicted octanol–water partition coefficient (Wildman–Crippen LogP) is 2.71. The Hall–Kier alpha value is -2.63. The minimum absolute atomic E-state index is 0.0324. The van der Waals surface area contributed by atoms with Gasteiger partial charge in [-0.1, -0.05) is 18.2 Å². The van der Waals surface area contributed by atoms with Gasteiger partial charge < -0.3 is 14.4 Å². The highest BCUT2D eigenvalue weighted by Crippen LogP contribution is 2.21. The molecule has 1 aromatic heterocycles. The first-order valence-electron chi connectivity index (χ1n) is 8.69. The summed E-state index contributed by atoms with van der Waals surface area (Å²) in [6.07, 6.45) is 5.72. The molecule has 0 atom stereocenters. The molecular formula is C19H23N3O3. The zero-order valence-corrected chi connectivity index (χ0v) is 14.2. The van der Waals surface area contributed by atoms with Crippen LogP contribution >= 0.6 is 0 Å². The summed E-state index contributed by atoms with van der Waals surface area (Å²) in [6, 6.07) is 11.4.